The monoisotopic (exact) mass is 330 g/mol. The minimum absolute atomic E-state index is 0.129. The van der Waals surface area contributed by atoms with Crippen LogP contribution in [0.25, 0.3) is 0 Å². The van der Waals surface area contributed by atoms with E-state index in [4.69, 9.17) is 34.8 Å². The molecule has 2 aromatic rings. The molecule has 1 atom stereocenters. The van der Waals surface area contributed by atoms with E-state index in [1.807, 2.05) is 35.9 Å². The molecule has 0 aliphatic heterocycles. The summed E-state index contributed by atoms with van der Waals surface area (Å²) in [5, 5.41) is 5.92. The Labute approximate surface area is 134 Å². The fourth-order valence-electron chi connectivity index (χ4n) is 2.35. The summed E-state index contributed by atoms with van der Waals surface area (Å²) in [4.78, 5) is 0. The smallest absolute Gasteiger partial charge is 0.0847 e. The number of nitrogens with zero attached hydrogens (tertiary/aromatic N) is 2. The fraction of sp³-hybridized carbons (Fsp3) is 0.400. The van der Waals surface area contributed by atoms with E-state index in [1.54, 1.807) is 0 Å². The molecule has 108 valence electrons. The first-order valence-corrected chi connectivity index (χ1v) is 7.89. The number of halogens is 3. The third kappa shape index (κ3) is 3.13. The van der Waals surface area contributed by atoms with Crippen LogP contribution in [0.4, 0.5) is 0 Å². The lowest BCUT2D eigenvalue weighted by molar-refractivity contribution is 0.596. The maximum atomic E-state index is 6.36. The minimum Gasteiger partial charge on any atom is -0.268 e. The molecule has 1 aromatic carbocycles. The van der Waals surface area contributed by atoms with Gasteiger partial charge in [-0.2, -0.15) is 5.10 Å². The van der Waals surface area contributed by atoms with Crippen molar-refractivity contribution in [2.75, 3.05) is 5.88 Å². The average molecular weight is 332 g/mol. The van der Waals surface area contributed by atoms with E-state index in [1.165, 1.54) is 0 Å². The first kappa shape index (κ1) is 15.7. The summed E-state index contributed by atoms with van der Waals surface area (Å²) in [7, 11) is 0. The lowest BCUT2D eigenvalue weighted by atomic mass is 9.95. The van der Waals surface area contributed by atoms with Gasteiger partial charge in [0.05, 0.1) is 16.4 Å². The van der Waals surface area contributed by atoms with Gasteiger partial charge in [-0.15, -0.1) is 11.6 Å². The molecule has 1 unspecified atom stereocenters. The topological polar surface area (TPSA) is 17.8 Å². The summed E-state index contributed by atoms with van der Waals surface area (Å²) < 4.78 is 1.94. The van der Waals surface area contributed by atoms with E-state index in [9.17, 15) is 0 Å². The summed E-state index contributed by atoms with van der Waals surface area (Å²) in [6, 6.07) is 7.80. The van der Waals surface area contributed by atoms with Gasteiger partial charge in [0.15, 0.2) is 0 Å². The maximum absolute atomic E-state index is 6.36. The van der Waals surface area contributed by atoms with Crippen molar-refractivity contribution in [3.8, 4) is 0 Å². The highest BCUT2D eigenvalue weighted by Gasteiger charge is 2.20. The summed E-state index contributed by atoms with van der Waals surface area (Å²) in [5.41, 5.74) is 2.94. The minimum atomic E-state index is 0.129. The molecule has 0 bridgehead atoms. The van der Waals surface area contributed by atoms with Crippen LogP contribution in [0, 0.1) is 6.92 Å². The van der Waals surface area contributed by atoms with E-state index in [0.29, 0.717) is 5.88 Å². The van der Waals surface area contributed by atoms with Crippen molar-refractivity contribution < 1.29 is 0 Å². The highest BCUT2D eigenvalue weighted by atomic mass is 35.5. The van der Waals surface area contributed by atoms with E-state index < -0.39 is 0 Å². The molecule has 0 fully saturated rings. The zero-order valence-corrected chi connectivity index (χ0v) is 13.8. The first-order chi connectivity index (χ1) is 9.58. The molecule has 2 rings (SSSR count). The first-order valence-electron chi connectivity index (χ1n) is 6.60. The van der Waals surface area contributed by atoms with Crippen LogP contribution in [0.1, 0.15) is 29.8 Å². The van der Waals surface area contributed by atoms with Gasteiger partial charge in [-0.25, -0.2) is 0 Å². The van der Waals surface area contributed by atoms with Crippen LogP contribution in [0.15, 0.2) is 24.3 Å². The molecule has 0 saturated carbocycles. The Morgan fingerprint density at radius 2 is 1.95 bits per heavy atom. The van der Waals surface area contributed by atoms with E-state index in [0.717, 1.165) is 40.0 Å². The van der Waals surface area contributed by atoms with Crippen LogP contribution in [0.3, 0.4) is 0 Å². The van der Waals surface area contributed by atoms with Crippen LogP contribution in [-0.2, 0) is 13.0 Å². The highest BCUT2D eigenvalue weighted by Crippen LogP contribution is 2.31. The molecule has 0 radical (unpaired) electrons. The summed E-state index contributed by atoms with van der Waals surface area (Å²) in [5.74, 6) is 0.623. The summed E-state index contributed by atoms with van der Waals surface area (Å²) in [6.07, 6.45) is 0.737. The number of alkyl halides is 1. The van der Waals surface area contributed by atoms with Gasteiger partial charge >= 0.3 is 0 Å². The van der Waals surface area contributed by atoms with Crippen molar-refractivity contribution >= 4 is 34.8 Å². The zero-order valence-electron chi connectivity index (χ0n) is 11.5. The Morgan fingerprint density at radius 3 is 2.55 bits per heavy atom. The zero-order chi connectivity index (χ0) is 14.7. The quantitative estimate of drug-likeness (QED) is 0.698. The summed E-state index contributed by atoms with van der Waals surface area (Å²) in [6.45, 7) is 4.76. The Kier molecular flexibility index (Phi) is 5.36. The van der Waals surface area contributed by atoms with Gasteiger partial charge in [0, 0.05) is 23.4 Å². The molecule has 0 amide bonds. The predicted molar refractivity (Wildman–Crippen MR) is 86.3 cm³/mol. The van der Waals surface area contributed by atoms with Crippen molar-refractivity contribution in [2.24, 2.45) is 0 Å². The van der Waals surface area contributed by atoms with Crippen LogP contribution in [0.2, 0.25) is 10.0 Å². The van der Waals surface area contributed by atoms with Crippen LogP contribution >= 0.6 is 34.8 Å². The number of hydrogen-bond donors (Lipinski definition) is 0. The fourth-order valence-corrected chi connectivity index (χ4v) is 3.13. The normalized spacial score (nSPS) is 12.7. The Hall–Kier alpha value is -0.700. The number of aryl methyl sites for hydroxylation is 2. The molecular formula is C15H17Cl3N2. The van der Waals surface area contributed by atoms with E-state index >= 15 is 0 Å². The Bertz CT molecular complexity index is 593. The van der Waals surface area contributed by atoms with Crippen molar-refractivity contribution in [1.29, 1.82) is 0 Å². The maximum Gasteiger partial charge on any atom is 0.0847 e. The Morgan fingerprint density at radius 1 is 1.25 bits per heavy atom. The molecule has 0 N–H and O–H groups in total. The average Bonchev–Trinajstić information content (AvgIpc) is 2.73. The van der Waals surface area contributed by atoms with Gasteiger partial charge in [-0.05, 0) is 31.9 Å². The van der Waals surface area contributed by atoms with Crippen LogP contribution < -0.4 is 0 Å². The van der Waals surface area contributed by atoms with Crippen LogP contribution in [0.5, 0.6) is 0 Å². The molecule has 20 heavy (non-hydrogen) atoms. The molecule has 1 aromatic heterocycles. The standard InChI is InChI=1S/C15H17Cl3N2/c1-3-20-14(15(18)10(2)19-20)8-11(9-16)12-6-4-5-7-13(12)17/h4-7,11H,3,8-9H2,1-2H3. The van der Waals surface area contributed by atoms with E-state index in [-0.39, 0.29) is 5.92 Å². The second-order valence-corrected chi connectivity index (χ2v) is 5.83. The van der Waals surface area contributed by atoms with Crippen LogP contribution in [-0.4, -0.2) is 15.7 Å². The van der Waals surface area contributed by atoms with Gasteiger partial charge in [0.1, 0.15) is 0 Å². The SMILES string of the molecule is CCn1nc(C)c(Cl)c1CC(CCl)c1ccccc1Cl. The number of benzene rings is 1. The van der Waals surface area contributed by atoms with Crippen molar-refractivity contribution in [3.05, 3.63) is 51.3 Å². The number of rotatable bonds is 5. The second kappa shape index (κ2) is 6.84. The lowest BCUT2D eigenvalue weighted by Crippen LogP contribution is -2.11. The van der Waals surface area contributed by atoms with Gasteiger partial charge in [0.25, 0.3) is 0 Å². The molecule has 0 aliphatic rings. The predicted octanol–water partition coefficient (Wildman–Crippen LogP) is 5.08. The molecule has 2 nitrogen and oxygen atoms in total. The van der Waals surface area contributed by atoms with Gasteiger partial charge in [-0.1, -0.05) is 41.4 Å². The van der Waals surface area contributed by atoms with Crippen molar-refractivity contribution in [1.82, 2.24) is 9.78 Å². The molecule has 0 spiro atoms. The molecular weight excluding hydrogens is 315 g/mol. The largest absolute Gasteiger partial charge is 0.268 e. The van der Waals surface area contributed by atoms with Crippen molar-refractivity contribution in [2.45, 2.75) is 32.7 Å². The highest BCUT2D eigenvalue weighted by molar-refractivity contribution is 6.32. The van der Waals surface area contributed by atoms with Gasteiger partial charge < -0.3 is 0 Å². The van der Waals surface area contributed by atoms with Gasteiger partial charge in [-0.3, -0.25) is 4.68 Å². The van der Waals surface area contributed by atoms with E-state index in [2.05, 4.69) is 12.0 Å². The second-order valence-electron chi connectivity index (χ2n) is 4.74. The number of hydrogen-bond acceptors (Lipinski definition) is 1. The number of aromatic nitrogens is 2. The lowest BCUT2D eigenvalue weighted by Gasteiger charge is -2.17. The molecule has 0 saturated heterocycles. The Balaban J connectivity index is 2.34. The van der Waals surface area contributed by atoms with Crippen molar-refractivity contribution in [3.63, 3.8) is 0 Å². The third-order valence-electron chi connectivity index (χ3n) is 3.42. The molecule has 0 aliphatic carbocycles. The third-order valence-corrected chi connectivity index (χ3v) is 4.63. The van der Waals surface area contributed by atoms with Gasteiger partial charge in [0.2, 0.25) is 0 Å². The summed E-state index contributed by atoms with van der Waals surface area (Å²) >= 11 is 18.8. The molecule has 1 heterocycles. The molecule has 5 heteroatoms.